The fraction of sp³-hybridized carbons (Fsp3) is 0.259. The minimum absolute atomic E-state index is 0.198. The van der Waals surface area contributed by atoms with Crippen molar-refractivity contribution in [2.75, 3.05) is 5.32 Å². The van der Waals surface area contributed by atoms with Gasteiger partial charge in [-0.25, -0.2) is 0 Å². The SMILES string of the molecule is Cc1ccc(C)c(NC(=O)c2ccc(OC(=O)CCc3ccc(C(C)C)cc3)cc2)c1. The van der Waals surface area contributed by atoms with Crippen LogP contribution in [0.1, 0.15) is 58.8 Å². The lowest BCUT2D eigenvalue weighted by atomic mass is 10.0. The van der Waals surface area contributed by atoms with E-state index in [-0.39, 0.29) is 11.9 Å². The van der Waals surface area contributed by atoms with E-state index in [0.717, 1.165) is 22.4 Å². The predicted molar refractivity (Wildman–Crippen MR) is 125 cm³/mol. The van der Waals surface area contributed by atoms with E-state index in [9.17, 15) is 9.59 Å². The minimum Gasteiger partial charge on any atom is -0.427 e. The van der Waals surface area contributed by atoms with Gasteiger partial charge >= 0.3 is 5.97 Å². The van der Waals surface area contributed by atoms with E-state index < -0.39 is 0 Å². The second-order valence-electron chi connectivity index (χ2n) is 8.17. The number of rotatable bonds is 7. The molecule has 3 aromatic rings. The van der Waals surface area contributed by atoms with Gasteiger partial charge in [0.15, 0.2) is 0 Å². The Kier molecular flexibility index (Phi) is 7.24. The normalized spacial score (nSPS) is 10.7. The van der Waals surface area contributed by atoms with E-state index in [1.807, 2.05) is 32.0 Å². The zero-order valence-electron chi connectivity index (χ0n) is 18.6. The van der Waals surface area contributed by atoms with Gasteiger partial charge in [-0.2, -0.15) is 0 Å². The molecule has 0 spiro atoms. The predicted octanol–water partition coefficient (Wildman–Crippen LogP) is 6.22. The molecule has 0 aliphatic rings. The number of aryl methyl sites for hydroxylation is 3. The highest BCUT2D eigenvalue weighted by Crippen LogP contribution is 2.19. The average Bonchev–Trinajstić information content (AvgIpc) is 2.75. The van der Waals surface area contributed by atoms with Gasteiger partial charge in [-0.15, -0.1) is 0 Å². The highest BCUT2D eigenvalue weighted by molar-refractivity contribution is 6.04. The van der Waals surface area contributed by atoms with Gasteiger partial charge in [0.25, 0.3) is 5.91 Å². The third-order valence-corrected chi connectivity index (χ3v) is 5.25. The van der Waals surface area contributed by atoms with E-state index in [1.54, 1.807) is 24.3 Å². The number of hydrogen-bond donors (Lipinski definition) is 1. The molecule has 0 heterocycles. The number of esters is 1. The number of nitrogens with one attached hydrogen (secondary N) is 1. The number of hydrogen-bond acceptors (Lipinski definition) is 3. The summed E-state index contributed by atoms with van der Waals surface area (Å²) in [4.78, 5) is 24.7. The van der Waals surface area contributed by atoms with Crippen molar-refractivity contribution in [3.8, 4) is 5.75 Å². The van der Waals surface area contributed by atoms with Crippen molar-refractivity contribution in [2.24, 2.45) is 0 Å². The van der Waals surface area contributed by atoms with Crippen LogP contribution in [0.5, 0.6) is 5.75 Å². The van der Waals surface area contributed by atoms with Crippen molar-refractivity contribution < 1.29 is 14.3 Å². The summed E-state index contributed by atoms with van der Waals surface area (Å²) in [5.41, 5.74) is 5.78. The Morgan fingerprint density at radius 3 is 2.23 bits per heavy atom. The molecule has 0 aromatic heterocycles. The number of anilines is 1. The third kappa shape index (κ3) is 6.29. The van der Waals surface area contributed by atoms with Crippen molar-refractivity contribution >= 4 is 17.6 Å². The average molecular weight is 416 g/mol. The number of ether oxygens (including phenoxy) is 1. The van der Waals surface area contributed by atoms with Crippen LogP contribution in [0.15, 0.2) is 66.7 Å². The van der Waals surface area contributed by atoms with Gasteiger partial charge in [-0.05, 0) is 78.8 Å². The molecule has 0 saturated heterocycles. The van der Waals surface area contributed by atoms with Gasteiger partial charge in [-0.3, -0.25) is 9.59 Å². The Morgan fingerprint density at radius 1 is 0.903 bits per heavy atom. The van der Waals surface area contributed by atoms with Crippen LogP contribution >= 0.6 is 0 Å². The zero-order chi connectivity index (χ0) is 22.4. The van der Waals surface area contributed by atoms with E-state index in [4.69, 9.17) is 4.74 Å². The summed E-state index contributed by atoms with van der Waals surface area (Å²) < 4.78 is 5.42. The monoisotopic (exact) mass is 415 g/mol. The molecule has 31 heavy (non-hydrogen) atoms. The number of benzene rings is 3. The van der Waals surface area contributed by atoms with E-state index >= 15 is 0 Å². The first-order valence-corrected chi connectivity index (χ1v) is 10.6. The van der Waals surface area contributed by atoms with Crippen LogP contribution in [0.25, 0.3) is 0 Å². The number of carbonyl (C=O) groups is 2. The maximum atomic E-state index is 12.5. The van der Waals surface area contributed by atoms with Crippen LogP contribution in [0.3, 0.4) is 0 Å². The molecule has 1 N–H and O–H groups in total. The Morgan fingerprint density at radius 2 is 1.58 bits per heavy atom. The van der Waals surface area contributed by atoms with Gasteiger partial charge < -0.3 is 10.1 Å². The smallest absolute Gasteiger partial charge is 0.311 e. The summed E-state index contributed by atoms with van der Waals surface area (Å²) in [6.45, 7) is 8.26. The lowest BCUT2D eigenvalue weighted by molar-refractivity contribution is -0.134. The van der Waals surface area contributed by atoms with Gasteiger partial charge in [0.2, 0.25) is 0 Å². The Labute approximate surface area is 184 Å². The van der Waals surface area contributed by atoms with Crippen LogP contribution in [-0.2, 0) is 11.2 Å². The molecule has 0 saturated carbocycles. The quantitative estimate of drug-likeness (QED) is 0.368. The standard InChI is InChI=1S/C27H29NO3/c1-18(2)22-10-7-21(8-11-22)9-16-26(29)31-24-14-12-23(13-15-24)27(30)28-25-17-19(3)5-6-20(25)4/h5-8,10-15,17-18H,9,16H2,1-4H3,(H,28,30). The van der Waals surface area contributed by atoms with Crippen molar-refractivity contribution in [1.29, 1.82) is 0 Å². The van der Waals surface area contributed by atoms with Crippen molar-refractivity contribution in [3.05, 3.63) is 94.5 Å². The van der Waals surface area contributed by atoms with Crippen molar-refractivity contribution in [1.82, 2.24) is 0 Å². The van der Waals surface area contributed by atoms with Gasteiger partial charge in [0.05, 0.1) is 0 Å². The van der Waals surface area contributed by atoms with Crippen LogP contribution in [0, 0.1) is 13.8 Å². The summed E-state index contributed by atoms with van der Waals surface area (Å²) >= 11 is 0. The largest absolute Gasteiger partial charge is 0.427 e. The molecular formula is C27H29NO3. The molecule has 160 valence electrons. The molecule has 4 nitrogen and oxygen atoms in total. The summed E-state index contributed by atoms with van der Waals surface area (Å²) in [6.07, 6.45) is 0.934. The fourth-order valence-corrected chi connectivity index (χ4v) is 3.24. The first-order chi connectivity index (χ1) is 14.8. The maximum Gasteiger partial charge on any atom is 0.311 e. The second-order valence-corrected chi connectivity index (χ2v) is 8.17. The van der Waals surface area contributed by atoms with Crippen LogP contribution in [-0.4, -0.2) is 11.9 Å². The molecule has 3 aromatic carbocycles. The maximum absolute atomic E-state index is 12.5. The summed E-state index contributed by atoms with van der Waals surface area (Å²) in [7, 11) is 0. The van der Waals surface area contributed by atoms with Gasteiger partial charge in [0.1, 0.15) is 5.75 Å². The molecule has 0 radical (unpaired) electrons. The Balaban J connectivity index is 1.53. The molecule has 0 aliphatic carbocycles. The highest BCUT2D eigenvalue weighted by Gasteiger charge is 2.10. The third-order valence-electron chi connectivity index (χ3n) is 5.25. The van der Waals surface area contributed by atoms with Crippen LogP contribution in [0.4, 0.5) is 5.69 Å². The molecule has 0 atom stereocenters. The molecule has 0 unspecified atom stereocenters. The first kappa shape index (κ1) is 22.3. The lowest BCUT2D eigenvalue weighted by Crippen LogP contribution is -2.13. The van der Waals surface area contributed by atoms with Gasteiger partial charge in [-0.1, -0.05) is 50.2 Å². The fourth-order valence-electron chi connectivity index (χ4n) is 3.24. The van der Waals surface area contributed by atoms with Crippen LogP contribution < -0.4 is 10.1 Å². The molecule has 0 fully saturated rings. The molecule has 3 rings (SSSR count). The van der Waals surface area contributed by atoms with Crippen molar-refractivity contribution in [3.63, 3.8) is 0 Å². The minimum atomic E-state index is -0.291. The topological polar surface area (TPSA) is 55.4 Å². The molecule has 0 bridgehead atoms. The zero-order valence-corrected chi connectivity index (χ0v) is 18.6. The second kappa shape index (κ2) is 10.1. The summed E-state index contributed by atoms with van der Waals surface area (Å²) in [5.74, 6) is 0.435. The molecule has 4 heteroatoms. The number of amides is 1. The summed E-state index contributed by atoms with van der Waals surface area (Å²) in [6, 6.07) is 20.9. The van der Waals surface area contributed by atoms with E-state index in [2.05, 4.69) is 43.4 Å². The van der Waals surface area contributed by atoms with Crippen molar-refractivity contribution in [2.45, 2.75) is 46.5 Å². The first-order valence-electron chi connectivity index (χ1n) is 10.6. The lowest BCUT2D eigenvalue weighted by Gasteiger charge is -2.10. The highest BCUT2D eigenvalue weighted by atomic mass is 16.5. The molecule has 1 amide bonds. The van der Waals surface area contributed by atoms with E-state index in [1.165, 1.54) is 5.56 Å². The summed E-state index contributed by atoms with van der Waals surface area (Å²) in [5, 5.41) is 2.93. The van der Waals surface area contributed by atoms with Crippen LogP contribution in [0.2, 0.25) is 0 Å². The van der Waals surface area contributed by atoms with E-state index in [0.29, 0.717) is 30.1 Å². The Bertz CT molecular complexity index is 1050. The number of carbonyl (C=O) groups excluding carboxylic acids is 2. The molecule has 0 aliphatic heterocycles. The Hall–Kier alpha value is -3.40. The van der Waals surface area contributed by atoms with Gasteiger partial charge in [0, 0.05) is 17.7 Å². The molecular weight excluding hydrogens is 386 g/mol.